The lowest BCUT2D eigenvalue weighted by Gasteiger charge is -2.35. The number of pyridine rings is 1. The molecular formula is C18H19N5O2. The topological polar surface area (TPSA) is 74.2 Å². The minimum atomic E-state index is -0.254. The molecular weight excluding hydrogens is 318 g/mol. The molecule has 0 bridgehead atoms. The number of carbonyl (C=O) groups excluding carboxylic acids is 1. The van der Waals surface area contributed by atoms with Crippen LogP contribution in [0.5, 0.6) is 0 Å². The Bertz CT molecular complexity index is 982. The monoisotopic (exact) mass is 337 g/mol. The SMILES string of the molecule is Cn1cc(N2CCN(C(=O)c3cc(=O)[nH]c4ccccc34)CC2)cn1. The van der Waals surface area contributed by atoms with Gasteiger partial charge in [-0.05, 0) is 6.07 Å². The molecule has 1 aliphatic rings. The Labute approximate surface area is 144 Å². The van der Waals surface area contributed by atoms with E-state index in [0.717, 1.165) is 24.2 Å². The van der Waals surface area contributed by atoms with Gasteiger partial charge in [-0.15, -0.1) is 0 Å². The molecule has 3 heterocycles. The third kappa shape index (κ3) is 2.88. The molecule has 0 spiro atoms. The van der Waals surface area contributed by atoms with Crippen molar-refractivity contribution in [3.63, 3.8) is 0 Å². The summed E-state index contributed by atoms with van der Waals surface area (Å²) in [5, 5.41) is 4.97. The van der Waals surface area contributed by atoms with E-state index >= 15 is 0 Å². The van der Waals surface area contributed by atoms with Gasteiger partial charge in [0.05, 0.1) is 17.4 Å². The molecule has 0 aliphatic carbocycles. The molecule has 0 radical (unpaired) electrons. The second-order valence-electron chi connectivity index (χ2n) is 6.24. The van der Waals surface area contributed by atoms with Crippen molar-refractivity contribution in [3.8, 4) is 0 Å². The molecule has 2 aromatic heterocycles. The maximum absolute atomic E-state index is 13.0. The first kappa shape index (κ1) is 15.4. The van der Waals surface area contributed by atoms with Gasteiger partial charge in [-0.3, -0.25) is 14.3 Å². The van der Waals surface area contributed by atoms with Crippen molar-refractivity contribution in [1.82, 2.24) is 19.7 Å². The Morgan fingerprint density at radius 1 is 1.16 bits per heavy atom. The van der Waals surface area contributed by atoms with Crippen LogP contribution >= 0.6 is 0 Å². The first-order chi connectivity index (χ1) is 12.1. The molecule has 0 unspecified atom stereocenters. The fraction of sp³-hybridized carbons (Fsp3) is 0.278. The number of hydrogen-bond acceptors (Lipinski definition) is 4. The Kier molecular flexibility index (Phi) is 3.76. The summed E-state index contributed by atoms with van der Waals surface area (Å²) in [6.45, 7) is 2.74. The zero-order valence-corrected chi connectivity index (χ0v) is 14.0. The van der Waals surface area contributed by atoms with Crippen LogP contribution in [0.25, 0.3) is 10.9 Å². The van der Waals surface area contributed by atoms with Crippen molar-refractivity contribution in [2.75, 3.05) is 31.1 Å². The van der Waals surface area contributed by atoms with Gasteiger partial charge >= 0.3 is 0 Å². The Morgan fingerprint density at radius 2 is 1.92 bits per heavy atom. The molecule has 1 aliphatic heterocycles. The number of aromatic amines is 1. The maximum atomic E-state index is 13.0. The van der Waals surface area contributed by atoms with E-state index in [4.69, 9.17) is 0 Å². The van der Waals surface area contributed by atoms with Crippen molar-refractivity contribution in [3.05, 3.63) is 58.6 Å². The number of aryl methyl sites for hydroxylation is 1. The van der Waals surface area contributed by atoms with Gasteiger partial charge in [-0.25, -0.2) is 0 Å². The average molecular weight is 337 g/mol. The highest BCUT2D eigenvalue weighted by molar-refractivity contribution is 6.06. The number of benzene rings is 1. The van der Waals surface area contributed by atoms with E-state index in [0.29, 0.717) is 24.2 Å². The number of carbonyl (C=O) groups is 1. The Balaban J connectivity index is 1.56. The normalized spacial score (nSPS) is 14.9. The van der Waals surface area contributed by atoms with Crippen LogP contribution < -0.4 is 10.5 Å². The summed E-state index contributed by atoms with van der Waals surface area (Å²) < 4.78 is 1.77. The third-order valence-electron chi connectivity index (χ3n) is 4.60. The van der Waals surface area contributed by atoms with Gasteiger partial charge in [0, 0.05) is 56.4 Å². The van der Waals surface area contributed by atoms with Crippen LogP contribution in [-0.4, -0.2) is 51.8 Å². The first-order valence-electron chi connectivity index (χ1n) is 8.27. The highest BCUT2D eigenvalue weighted by Crippen LogP contribution is 2.19. The molecule has 0 atom stereocenters. The van der Waals surface area contributed by atoms with E-state index in [-0.39, 0.29) is 11.5 Å². The summed E-state index contributed by atoms with van der Waals surface area (Å²) in [6, 6.07) is 8.80. The number of hydrogen-bond donors (Lipinski definition) is 1. The van der Waals surface area contributed by atoms with E-state index < -0.39 is 0 Å². The van der Waals surface area contributed by atoms with Crippen LogP contribution in [0, 0.1) is 0 Å². The van der Waals surface area contributed by atoms with Gasteiger partial charge in [0.25, 0.3) is 5.91 Å². The lowest BCUT2D eigenvalue weighted by molar-refractivity contribution is 0.0748. The smallest absolute Gasteiger partial charge is 0.254 e. The van der Waals surface area contributed by atoms with Crippen molar-refractivity contribution in [2.45, 2.75) is 0 Å². The van der Waals surface area contributed by atoms with Crippen LogP contribution in [0.2, 0.25) is 0 Å². The van der Waals surface area contributed by atoms with Crippen LogP contribution in [0.15, 0.2) is 47.5 Å². The van der Waals surface area contributed by atoms with Crippen LogP contribution in [0.4, 0.5) is 5.69 Å². The fourth-order valence-electron chi connectivity index (χ4n) is 3.29. The molecule has 0 saturated carbocycles. The van der Waals surface area contributed by atoms with Gasteiger partial charge in [0.1, 0.15) is 0 Å². The summed E-state index contributed by atoms with van der Waals surface area (Å²) in [6.07, 6.45) is 3.81. The number of aromatic nitrogens is 3. The number of piperazine rings is 1. The lowest BCUT2D eigenvalue weighted by Crippen LogP contribution is -2.48. The van der Waals surface area contributed by atoms with Gasteiger partial charge in [0.2, 0.25) is 5.56 Å². The van der Waals surface area contributed by atoms with Crippen molar-refractivity contribution in [1.29, 1.82) is 0 Å². The predicted molar refractivity (Wildman–Crippen MR) is 95.9 cm³/mol. The molecule has 3 aromatic rings. The summed E-state index contributed by atoms with van der Waals surface area (Å²) in [4.78, 5) is 31.6. The number of H-pyrrole nitrogens is 1. The number of nitrogens with one attached hydrogen (secondary N) is 1. The Hall–Kier alpha value is -3.09. The molecule has 1 amide bonds. The lowest BCUT2D eigenvalue weighted by atomic mass is 10.1. The number of amides is 1. The number of para-hydroxylation sites is 1. The molecule has 1 fully saturated rings. The van der Waals surface area contributed by atoms with Crippen LogP contribution in [0.1, 0.15) is 10.4 Å². The molecule has 7 nitrogen and oxygen atoms in total. The largest absolute Gasteiger partial charge is 0.365 e. The van der Waals surface area contributed by atoms with E-state index in [1.165, 1.54) is 6.07 Å². The van der Waals surface area contributed by atoms with E-state index in [9.17, 15) is 9.59 Å². The van der Waals surface area contributed by atoms with Gasteiger partial charge in [0.15, 0.2) is 0 Å². The average Bonchev–Trinajstić information content (AvgIpc) is 3.07. The number of nitrogens with zero attached hydrogens (tertiary/aromatic N) is 4. The zero-order valence-electron chi connectivity index (χ0n) is 14.0. The number of anilines is 1. The minimum Gasteiger partial charge on any atom is -0.365 e. The summed E-state index contributed by atoms with van der Waals surface area (Å²) in [5.74, 6) is -0.0897. The Morgan fingerprint density at radius 3 is 2.64 bits per heavy atom. The van der Waals surface area contributed by atoms with Crippen molar-refractivity contribution < 1.29 is 4.79 Å². The first-order valence-corrected chi connectivity index (χ1v) is 8.27. The van der Waals surface area contributed by atoms with E-state index in [1.54, 1.807) is 4.68 Å². The van der Waals surface area contributed by atoms with Crippen molar-refractivity contribution in [2.24, 2.45) is 7.05 Å². The standard InChI is InChI=1S/C18H19N5O2/c1-21-12-13(11-19-21)22-6-8-23(9-7-22)18(25)15-10-17(24)20-16-5-3-2-4-14(15)16/h2-5,10-12H,6-9H2,1H3,(H,20,24). The second kappa shape index (κ2) is 6.08. The van der Waals surface area contributed by atoms with Gasteiger partial charge in [-0.1, -0.05) is 18.2 Å². The molecule has 4 rings (SSSR count). The summed E-state index contributed by atoms with van der Waals surface area (Å²) >= 11 is 0. The van der Waals surface area contributed by atoms with Gasteiger partial charge in [-0.2, -0.15) is 5.10 Å². The fourth-order valence-corrected chi connectivity index (χ4v) is 3.29. The summed E-state index contributed by atoms with van der Waals surface area (Å²) in [7, 11) is 1.89. The van der Waals surface area contributed by atoms with Crippen LogP contribution in [0.3, 0.4) is 0 Å². The predicted octanol–water partition coefficient (Wildman–Crippen LogP) is 1.22. The molecule has 1 aromatic carbocycles. The maximum Gasteiger partial charge on any atom is 0.254 e. The number of rotatable bonds is 2. The van der Waals surface area contributed by atoms with E-state index in [1.807, 2.05) is 48.6 Å². The zero-order chi connectivity index (χ0) is 17.4. The second-order valence-corrected chi connectivity index (χ2v) is 6.24. The third-order valence-corrected chi connectivity index (χ3v) is 4.60. The van der Waals surface area contributed by atoms with Crippen LogP contribution in [-0.2, 0) is 7.05 Å². The van der Waals surface area contributed by atoms with Crippen molar-refractivity contribution >= 4 is 22.5 Å². The minimum absolute atomic E-state index is 0.0897. The molecule has 128 valence electrons. The highest BCUT2D eigenvalue weighted by Gasteiger charge is 2.24. The molecule has 25 heavy (non-hydrogen) atoms. The molecule has 7 heteroatoms. The quantitative estimate of drug-likeness (QED) is 0.763. The molecule has 1 N–H and O–H groups in total. The highest BCUT2D eigenvalue weighted by atomic mass is 16.2. The van der Waals surface area contributed by atoms with E-state index in [2.05, 4.69) is 15.0 Å². The van der Waals surface area contributed by atoms with Gasteiger partial charge < -0.3 is 14.8 Å². The summed E-state index contributed by atoms with van der Waals surface area (Å²) in [5.41, 5.74) is 1.97. The molecule has 1 saturated heterocycles. The number of fused-ring (bicyclic) bond motifs is 1.